The number of nitrogens with one attached hydrogen (secondary N) is 1. The van der Waals surface area contributed by atoms with Gasteiger partial charge in [0, 0.05) is 5.92 Å². The van der Waals surface area contributed by atoms with Crippen LogP contribution in [-0.2, 0) is 9.53 Å². The number of aliphatic hydroxyl groups excluding tert-OH is 2. The highest BCUT2D eigenvalue weighted by atomic mass is 16.5. The lowest BCUT2D eigenvalue weighted by atomic mass is 9.98. The Kier molecular flexibility index (Phi) is 2.47. The zero-order valence-electron chi connectivity index (χ0n) is 8.01. The molecule has 14 heavy (non-hydrogen) atoms. The molecule has 1 heterocycles. The quantitative estimate of drug-likeness (QED) is 0.480. The second-order valence-electron chi connectivity index (χ2n) is 3.88. The van der Waals surface area contributed by atoms with Gasteiger partial charge in [0.05, 0.1) is 24.9 Å². The van der Waals surface area contributed by atoms with Crippen LogP contribution in [-0.4, -0.2) is 47.1 Å². The molecule has 2 rings (SSSR count). The topological polar surface area (TPSA) is 78.8 Å². The molecule has 5 nitrogen and oxygen atoms in total. The van der Waals surface area contributed by atoms with Gasteiger partial charge >= 0.3 is 5.97 Å². The van der Waals surface area contributed by atoms with Crippen molar-refractivity contribution >= 4 is 5.97 Å². The van der Waals surface area contributed by atoms with Crippen molar-refractivity contribution in [3.8, 4) is 0 Å². The number of hydrogen-bond acceptors (Lipinski definition) is 5. The molecule has 2 fully saturated rings. The number of hydrogen-bond donors (Lipinski definition) is 3. The third kappa shape index (κ3) is 1.32. The Morgan fingerprint density at radius 2 is 2.29 bits per heavy atom. The lowest BCUT2D eigenvalue weighted by molar-refractivity contribution is -0.147. The second-order valence-corrected chi connectivity index (χ2v) is 3.88. The van der Waals surface area contributed by atoms with Crippen molar-refractivity contribution in [2.75, 3.05) is 6.61 Å². The minimum Gasteiger partial charge on any atom is -0.465 e. The summed E-state index contributed by atoms with van der Waals surface area (Å²) in [5, 5.41) is 22.0. The molecule has 80 valence electrons. The monoisotopic (exact) mass is 201 g/mol. The summed E-state index contributed by atoms with van der Waals surface area (Å²) in [6, 6.07) is -0.812. The largest absolute Gasteiger partial charge is 0.465 e. The Morgan fingerprint density at radius 1 is 1.57 bits per heavy atom. The fourth-order valence-corrected chi connectivity index (χ4v) is 2.41. The van der Waals surface area contributed by atoms with E-state index in [0.717, 1.165) is 0 Å². The van der Waals surface area contributed by atoms with Crippen LogP contribution in [0.3, 0.4) is 0 Å². The fraction of sp³-hybridized carbons (Fsp3) is 0.889. The van der Waals surface area contributed by atoms with Crippen LogP contribution >= 0.6 is 0 Å². The molecule has 0 amide bonds. The van der Waals surface area contributed by atoms with E-state index in [4.69, 9.17) is 4.74 Å². The smallest absolute Gasteiger partial charge is 0.323 e. The molecule has 5 atom stereocenters. The molecule has 1 aliphatic heterocycles. The van der Waals surface area contributed by atoms with E-state index in [-0.39, 0.29) is 17.9 Å². The zero-order valence-corrected chi connectivity index (χ0v) is 8.01. The van der Waals surface area contributed by atoms with E-state index in [1.54, 1.807) is 6.92 Å². The summed E-state index contributed by atoms with van der Waals surface area (Å²) in [4.78, 5) is 11.4. The molecule has 3 N–H and O–H groups in total. The number of ether oxygens (including phenoxy) is 1. The van der Waals surface area contributed by atoms with E-state index < -0.39 is 18.2 Å². The SMILES string of the molecule is CCOC(=O)[C@H]1NC2C(O)C1C[C@H]2O. The Balaban J connectivity index is 2.03. The van der Waals surface area contributed by atoms with Crippen molar-refractivity contribution in [2.24, 2.45) is 5.92 Å². The predicted octanol–water partition coefficient (Wildman–Crippen LogP) is -1.37. The van der Waals surface area contributed by atoms with Crippen LogP contribution in [0.25, 0.3) is 0 Å². The number of rotatable bonds is 2. The van der Waals surface area contributed by atoms with Crippen LogP contribution in [0, 0.1) is 5.92 Å². The van der Waals surface area contributed by atoms with Crippen molar-refractivity contribution in [2.45, 2.75) is 37.6 Å². The van der Waals surface area contributed by atoms with E-state index in [0.29, 0.717) is 13.0 Å². The molecule has 0 radical (unpaired) electrons. The highest BCUT2D eigenvalue weighted by Gasteiger charge is 2.54. The molecule has 1 saturated heterocycles. The molecule has 5 heteroatoms. The van der Waals surface area contributed by atoms with Gasteiger partial charge in [-0.1, -0.05) is 0 Å². The standard InChI is InChI=1S/C9H15NO4/c1-2-14-9(13)6-4-3-5(11)7(10-6)8(4)12/h4-8,10-12H,2-3H2,1H3/t4?,5-,6+,7?,8?/m1/s1. The van der Waals surface area contributed by atoms with E-state index in [2.05, 4.69) is 5.32 Å². The normalized spacial score (nSPS) is 45.5. The average Bonchev–Trinajstić information content (AvgIpc) is 2.58. The van der Waals surface area contributed by atoms with Crippen LogP contribution in [0.4, 0.5) is 0 Å². The van der Waals surface area contributed by atoms with Gasteiger partial charge in [-0.05, 0) is 13.3 Å². The van der Waals surface area contributed by atoms with Gasteiger partial charge in [0.1, 0.15) is 6.04 Å². The maximum Gasteiger partial charge on any atom is 0.323 e. The molecule has 0 aromatic rings. The van der Waals surface area contributed by atoms with Crippen LogP contribution < -0.4 is 5.32 Å². The summed E-state index contributed by atoms with van der Waals surface area (Å²) in [6.45, 7) is 2.09. The second kappa shape index (κ2) is 3.49. The number of carbonyl (C=O) groups is 1. The molecule has 2 aliphatic rings. The van der Waals surface area contributed by atoms with Crippen LogP contribution in [0.2, 0.25) is 0 Å². The number of aliphatic hydroxyl groups is 2. The first-order valence-corrected chi connectivity index (χ1v) is 4.94. The number of carbonyl (C=O) groups excluding carboxylic acids is 1. The lowest BCUT2D eigenvalue weighted by Gasteiger charge is -2.23. The maximum absolute atomic E-state index is 11.4. The fourth-order valence-electron chi connectivity index (χ4n) is 2.41. The first-order chi connectivity index (χ1) is 6.65. The van der Waals surface area contributed by atoms with Crippen molar-refractivity contribution in [3.63, 3.8) is 0 Å². The van der Waals surface area contributed by atoms with Gasteiger partial charge in [-0.25, -0.2) is 0 Å². The van der Waals surface area contributed by atoms with E-state index in [9.17, 15) is 15.0 Å². The molecule has 0 spiro atoms. The highest BCUT2D eigenvalue weighted by molar-refractivity contribution is 5.77. The summed E-state index contributed by atoms with van der Waals surface area (Å²) in [7, 11) is 0. The van der Waals surface area contributed by atoms with Crippen molar-refractivity contribution < 1.29 is 19.7 Å². The van der Waals surface area contributed by atoms with E-state index >= 15 is 0 Å². The van der Waals surface area contributed by atoms with Gasteiger partial charge in [0.2, 0.25) is 0 Å². The Bertz CT molecular complexity index is 245. The molecule has 0 aromatic heterocycles. The molecule has 3 unspecified atom stereocenters. The van der Waals surface area contributed by atoms with Crippen molar-refractivity contribution in [3.05, 3.63) is 0 Å². The molecule has 2 bridgehead atoms. The van der Waals surface area contributed by atoms with Crippen LogP contribution in [0.15, 0.2) is 0 Å². The first kappa shape index (κ1) is 9.89. The Morgan fingerprint density at radius 3 is 2.71 bits per heavy atom. The minimum atomic E-state index is -0.626. The molecule has 0 aromatic carbocycles. The first-order valence-electron chi connectivity index (χ1n) is 4.94. The summed E-state index contributed by atoms with van der Waals surface area (Å²) in [5.41, 5.74) is 0. The third-order valence-electron chi connectivity index (χ3n) is 3.08. The Labute approximate surface area is 82.1 Å². The summed E-state index contributed by atoms with van der Waals surface area (Å²) >= 11 is 0. The van der Waals surface area contributed by atoms with Crippen molar-refractivity contribution in [1.29, 1.82) is 0 Å². The summed E-state index contributed by atoms with van der Waals surface area (Å²) in [5.74, 6) is -0.528. The van der Waals surface area contributed by atoms with Gasteiger partial charge in [0.15, 0.2) is 0 Å². The molecule has 1 saturated carbocycles. The van der Waals surface area contributed by atoms with Gasteiger partial charge in [0.25, 0.3) is 0 Å². The average molecular weight is 201 g/mol. The summed E-state index contributed by atoms with van der Waals surface area (Å²) in [6.07, 6.45) is -0.692. The maximum atomic E-state index is 11.4. The van der Waals surface area contributed by atoms with Crippen molar-refractivity contribution in [1.82, 2.24) is 5.32 Å². The lowest BCUT2D eigenvalue weighted by Crippen LogP contribution is -2.48. The number of piperidine rings is 1. The minimum absolute atomic E-state index is 0.200. The Hall–Kier alpha value is -0.650. The van der Waals surface area contributed by atoms with Gasteiger partial charge < -0.3 is 14.9 Å². The summed E-state index contributed by atoms with van der Waals surface area (Å²) < 4.78 is 4.87. The van der Waals surface area contributed by atoms with Gasteiger partial charge in [-0.15, -0.1) is 0 Å². The van der Waals surface area contributed by atoms with Crippen LogP contribution in [0.1, 0.15) is 13.3 Å². The molecular weight excluding hydrogens is 186 g/mol. The predicted molar refractivity (Wildman–Crippen MR) is 47.5 cm³/mol. The molecular formula is C9H15NO4. The van der Waals surface area contributed by atoms with E-state index in [1.165, 1.54) is 0 Å². The van der Waals surface area contributed by atoms with E-state index in [1.807, 2.05) is 0 Å². The third-order valence-corrected chi connectivity index (χ3v) is 3.08. The highest BCUT2D eigenvalue weighted by Crippen LogP contribution is 2.36. The number of fused-ring (bicyclic) bond motifs is 2. The van der Waals surface area contributed by atoms with Gasteiger partial charge in [-0.3, -0.25) is 10.1 Å². The molecule has 1 aliphatic carbocycles. The van der Waals surface area contributed by atoms with Crippen LogP contribution in [0.5, 0.6) is 0 Å². The zero-order chi connectivity index (χ0) is 10.3. The number of esters is 1. The van der Waals surface area contributed by atoms with Gasteiger partial charge in [-0.2, -0.15) is 0 Å².